The summed E-state index contributed by atoms with van der Waals surface area (Å²) in [6.45, 7) is 11.8. The summed E-state index contributed by atoms with van der Waals surface area (Å²) >= 11 is 0. The second-order valence-corrected chi connectivity index (χ2v) is 11.1. The third-order valence-corrected chi connectivity index (χ3v) is 8.69. The Bertz CT molecular complexity index is 1080. The molecule has 1 fully saturated rings. The lowest BCUT2D eigenvalue weighted by molar-refractivity contribution is 0.0257. The van der Waals surface area contributed by atoms with Gasteiger partial charge in [0.1, 0.15) is 0 Å². The number of fused-ring (bicyclic) bond motifs is 4. The molecule has 31 heavy (non-hydrogen) atoms. The lowest BCUT2D eigenvalue weighted by Crippen LogP contribution is -2.52. The highest BCUT2D eigenvalue weighted by atomic mass is 14.9. The number of aromatic nitrogens is 1. The molecule has 0 bridgehead atoms. The molecule has 1 aromatic heterocycles. The smallest absolute Gasteiger partial charge is 0.0457 e. The summed E-state index contributed by atoms with van der Waals surface area (Å²) in [6.07, 6.45) is 8.76. The van der Waals surface area contributed by atoms with E-state index in [0.29, 0.717) is 16.7 Å². The summed E-state index contributed by atoms with van der Waals surface area (Å²) in [6, 6.07) is 16.0. The summed E-state index contributed by atoms with van der Waals surface area (Å²) in [5, 5.41) is 5.22. The minimum absolute atomic E-state index is 0.318. The lowest BCUT2D eigenvalue weighted by atomic mass is 9.49. The maximum Gasteiger partial charge on any atom is 0.0457 e. The molecule has 0 aliphatic heterocycles. The molecule has 0 unspecified atom stereocenters. The quantitative estimate of drug-likeness (QED) is 0.458. The molecule has 1 heterocycles. The van der Waals surface area contributed by atoms with Gasteiger partial charge in [0.05, 0.1) is 0 Å². The predicted octanol–water partition coefficient (Wildman–Crippen LogP) is 7.09. The van der Waals surface area contributed by atoms with Crippen LogP contribution in [0.5, 0.6) is 0 Å². The van der Waals surface area contributed by atoms with Crippen molar-refractivity contribution < 1.29 is 0 Å². The molecule has 0 radical (unpaired) electrons. The Morgan fingerprint density at radius 1 is 1.10 bits per heavy atom. The number of para-hydroxylation sites is 1. The molecule has 2 heteroatoms. The van der Waals surface area contributed by atoms with Gasteiger partial charge in [-0.15, -0.1) is 0 Å². The molecular formula is C29H38N2. The van der Waals surface area contributed by atoms with Crippen LogP contribution < -0.4 is 5.32 Å². The van der Waals surface area contributed by atoms with Crippen LogP contribution in [0.3, 0.4) is 0 Å². The van der Waals surface area contributed by atoms with Crippen molar-refractivity contribution in [2.75, 3.05) is 6.54 Å². The summed E-state index contributed by atoms with van der Waals surface area (Å²) in [7, 11) is 0. The summed E-state index contributed by atoms with van der Waals surface area (Å²) in [4.78, 5) is 3.42. The van der Waals surface area contributed by atoms with Crippen molar-refractivity contribution in [1.82, 2.24) is 10.3 Å². The molecule has 5 rings (SSSR count). The van der Waals surface area contributed by atoms with E-state index in [4.69, 9.17) is 0 Å². The summed E-state index contributed by atoms with van der Waals surface area (Å²) < 4.78 is 0. The van der Waals surface area contributed by atoms with Gasteiger partial charge in [0.25, 0.3) is 0 Å². The standard InChI is InChI=1S/C29H38N2/c1-20(2)21-10-12-25-22(16-21)11-13-27-28(3,14-7-15-29(25,27)4)19-30-17-23-18-31-26-9-6-5-8-24(23)26/h5-6,8-10,12,16,18,20,27,30-31H,7,11,13-15,17,19H2,1-4H3/t27-,28-,29+/m0/s1. The van der Waals surface area contributed by atoms with Crippen LogP contribution in [0, 0.1) is 11.3 Å². The number of aryl methyl sites for hydroxylation is 1. The highest BCUT2D eigenvalue weighted by Crippen LogP contribution is 2.57. The Balaban J connectivity index is 1.35. The molecule has 2 N–H and O–H groups in total. The molecule has 164 valence electrons. The SMILES string of the molecule is CC(C)c1ccc2c(c1)CC[C@H]1[C@](C)(CNCc3c[nH]c4ccccc34)CCC[C@]21C. The molecule has 2 nitrogen and oxygen atoms in total. The van der Waals surface area contributed by atoms with E-state index in [1.165, 1.54) is 54.1 Å². The van der Waals surface area contributed by atoms with Crippen LogP contribution in [0.4, 0.5) is 0 Å². The second kappa shape index (κ2) is 7.81. The summed E-state index contributed by atoms with van der Waals surface area (Å²) in [5.41, 5.74) is 8.07. The zero-order chi connectivity index (χ0) is 21.6. The van der Waals surface area contributed by atoms with Gasteiger partial charge in [-0.3, -0.25) is 0 Å². The van der Waals surface area contributed by atoms with E-state index in [9.17, 15) is 0 Å². The lowest BCUT2D eigenvalue weighted by Gasteiger charge is -2.55. The molecule has 2 aliphatic rings. The minimum atomic E-state index is 0.318. The number of hydrogen-bond donors (Lipinski definition) is 2. The normalized spacial score (nSPS) is 28.0. The Labute approximate surface area is 187 Å². The molecule has 3 aromatic rings. The van der Waals surface area contributed by atoms with E-state index in [1.54, 1.807) is 11.1 Å². The average Bonchev–Trinajstić information content (AvgIpc) is 3.16. The maximum atomic E-state index is 3.87. The van der Waals surface area contributed by atoms with Gasteiger partial charge in [0, 0.05) is 30.2 Å². The molecular weight excluding hydrogens is 376 g/mol. The van der Waals surface area contributed by atoms with Crippen LogP contribution in [-0.2, 0) is 18.4 Å². The van der Waals surface area contributed by atoms with Gasteiger partial charge in [-0.25, -0.2) is 0 Å². The van der Waals surface area contributed by atoms with Crippen LogP contribution in [0.1, 0.15) is 81.5 Å². The van der Waals surface area contributed by atoms with Crippen molar-refractivity contribution in [1.29, 1.82) is 0 Å². The fourth-order valence-electron chi connectivity index (χ4n) is 6.98. The number of hydrogen-bond acceptors (Lipinski definition) is 1. The first-order chi connectivity index (χ1) is 14.9. The Kier molecular flexibility index (Phi) is 5.25. The van der Waals surface area contributed by atoms with E-state index in [2.05, 4.69) is 86.7 Å². The Hall–Kier alpha value is -2.06. The van der Waals surface area contributed by atoms with Crippen molar-refractivity contribution in [3.8, 4) is 0 Å². The molecule has 3 atom stereocenters. The zero-order valence-electron chi connectivity index (χ0n) is 19.7. The van der Waals surface area contributed by atoms with Crippen LogP contribution >= 0.6 is 0 Å². The van der Waals surface area contributed by atoms with Gasteiger partial charge in [0.15, 0.2) is 0 Å². The summed E-state index contributed by atoms with van der Waals surface area (Å²) in [5.74, 6) is 1.36. The topological polar surface area (TPSA) is 27.8 Å². The van der Waals surface area contributed by atoms with Crippen LogP contribution in [-0.4, -0.2) is 11.5 Å². The number of nitrogens with one attached hydrogen (secondary N) is 2. The highest BCUT2D eigenvalue weighted by Gasteiger charge is 2.51. The van der Waals surface area contributed by atoms with Crippen LogP contribution in [0.15, 0.2) is 48.7 Å². The van der Waals surface area contributed by atoms with E-state index in [0.717, 1.165) is 19.0 Å². The van der Waals surface area contributed by atoms with E-state index >= 15 is 0 Å². The first-order valence-corrected chi connectivity index (χ1v) is 12.3. The van der Waals surface area contributed by atoms with Crippen LogP contribution in [0.25, 0.3) is 10.9 Å². The van der Waals surface area contributed by atoms with E-state index in [1.807, 2.05) is 0 Å². The third-order valence-electron chi connectivity index (χ3n) is 8.69. The van der Waals surface area contributed by atoms with Crippen LogP contribution in [0.2, 0.25) is 0 Å². The third kappa shape index (κ3) is 3.53. The van der Waals surface area contributed by atoms with Gasteiger partial charge in [-0.05, 0) is 76.7 Å². The van der Waals surface area contributed by atoms with Gasteiger partial charge in [0.2, 0.25) is 0 Å². The van der Waals surface area contributed by atoms with Crippen molar-refractivity contribution >= 4 is 10.9 Å². The predicted molar refractivity (Wildman–Crippen MR) is 132 cm³/mol. The van der Waals surface area contributed by atoms with Gasteiger partial charge in [-0.2, -0.15) is 0 Å². The molecule has 0 saturated heterocycles. The number of H-pyrrole nitrogens is 1. The van der Waals surface area contributed by atoms with Gasteiger partial charge < -0.3 is 10.3 Å². The Morgan fingerprint density at radius 3 is 2.77 bits per heavy atom. The highest BCUT2D eigenvalue weighted by molar-refractivity contribution is 5.82. The maximum absolute atomic E-state index is 3.87. The minimum Gasteiger partial charge on any atom is -0.361 e. The average molecular weight is 415 g/mol. The fraction of sp³-hybridized carbons (Fsp3) is 0.517. The first-order valence-electron chi connectivity index (χ1n) is 12.3. The molecule has 0 amide bonds. The van der Waals surface area contributed by atoms with E-state index in [-0.39, 0.29) is 0 Å². The van der Waals surface area contributed by atoms with Crippen molar-refractivity contribution in [2.45, 2.75) is 77.7 Å². The molecule has 2 aromatic carbocycles. The van der Waals surface area contributed by atoms with E-state index < -0.39 is 0 Å². The fourth-order valence-corrected chi connectivity index (χ4v) is 6.98. The number of benzene rings is 2. The van der Waals surface area contributed by atoms with Crippen molar-refractivity contribution in [2.24, 2.45) is 11.3 Å². The number of rotatable bonds is 5. The molecule has 0 spiro atoms. The molecule has 2 aliphatic carbocycles. The first kappa shape index (κ1) is 20.8. The second-order valence-electron chi connectivity index (χ2n) is 11.1. The van der Waals surface area contributed by atoms with Crippen molar-refractivity contribution in [3.05, 3.63) is 70.9 Å². The van der Waals surface area contributed by atoms with Crippen molar-refractivity contribution in [3.63, 3.8) is 0 Å². The largest absolute Gasteiger partial charge is 0.361 e. The zero-order valence-corrected chi connectivity index (χ0v) is 19.7. The van der Waals surface area contributed by atoms with Gasteiger partial charge >= 0.3 is 0 Å². The van der Waals surface area contributed by atoms with Gasteiger partial charge in [-0.1, -0.05) is 70.5 Å². The monoisotopic (exact) mass is 414 g/mol. The Morgan fingerprint density at radius 2 is 1.94 bits per heavy atom. The molecule has 1 saturated carbocycles. The number of aromatic amines is 1.